The summed E-state index contributed by atoms with van der Waals surface area (Å²) in [6.07, 6.45) is 0.674. The van der Waals surface area contributed by atoms with Gasteiger partial charge in [-0.25, -0.2) is 4.79 Å². The predicted molar refractivity (Wildman–Crippen MR) is 88.6 cm³/mol. The molecule has 0 bridgehead atoms. The van der Waals surface area contributed by atoms with Crippen LogP contribution in [0.15, 0.2) is 24.3 Å². The lowest BCUT2D eigenvalue weighted by Gasteiger charge is -2.25. The number of anilines is 1. The second-order valence-corrected chi connectivity index (χ2v) is 6.69. The molecule has 5 heteroatoms. The van der Waals surface area contributed by atoms with Crippen LogP contribution in [0.5, 0.6) is 0 Å². The van der Waals surface area contributed by atoms with Gasteiger partial charge in [-0.3, -0.25) is 9.69 Å². The number of fused-ring (bicyclic) bond motifs is 1. The van der Waals surface area contributed by atoms with Crippen molar-refractivity contribution in [1.82, 2.24) is 0 Å². The first-order valence-corrected chi connectivity index (χ1v) is 8.07. The summed E-state index contributed by atoms with van der Waals surface area (Å²) in [5.41, 5.74) is 1.42. The number of hydrogen-bond acceptors (Lipinski definition) is 4. The van der Waals surface area contributed by atoms with E-state index in [-0.39, 0.29) is 18.0 Å². The smallest absolute Gasteiger partial charge is 0.414 e. The van der Waals surface area contributed by atoms with Crippen molar-refractivity contribution in [2.45, 2.75) is 52.1 Å². The molecule has 0 aliphatic carbocycles. The highest BCUT2D eigenvalue weighted by Crippen LogP contribution is 2.39. The molecule has 1 aromatic carbocycles. The lowest BCUT2D eigenvalue weighted by molar-refractivity contribution is -0.143. The first-order valence-electron chi connectivity index (χ1n) is 8.07. The van der Waals surface area contributed by atoms with E-state index in [2.05, 4.69) is 0 Å². The van der Waals surface area contributed by atoms with Crippen molar-refractivity contribution in [3.8, 4) is 0 Å². The van der Waals surface area contributed by atoms with Gasteiger partial charge in [0.05, 0.1) is 12.3 Å². The molecule has 1 aromatic rings. The van der Waals surface area contributed by atoms with Crippen molar-refractivity contribution in [1.29, 1.82) is 0 Å². The highest BCUT2D eigenvalue weighted by molar-refractivity contribution is 5.91. The minimum atomic E-state index is -0.533. The van der Waals surface area contributed by atoms with Crippen LogP contribution in [0.2, 0.25) is 0 Å². The molecule has 1 heterocycles. The Kier molecular flexibility index (Phi) is 5.29. The average Bonchev–Trinajstić information content (AvgIpc) is 2.83. The van der Waals surface area contributed by atoms with Gasteiger partial charge in [-0.05, 0) is 45.7 Å². The number of carbonyl (C=O) groups excluding carboxylic acids is 2. The van der Waals surface area contributed by atoms with Crippen LogP contribution in [0.4, 0.5) is 10.5 Å². The Morgan fingerprint density at radius 2 is 1.96 bits per heavy atom. The molecule has 2 rings (SSSR count). The number of carbonyl (C=O) groups is 2. The fourth-order valence-corrected chi connectivity index (χ4v) is 2.76. The topological polar surface area (TPSA) is 55.8 Å². The summed E-state index contributed by atoms with van der Waals surface area (Å²) in [5.74, 6) is -0.0659. The summed E-state index contributed by atoms with van der Waals surface area (Å²) in [5, 5.41) is 0. The van der Waals surface area contributed by atoms with E-state index in [1.165, 1.54) is 0 Å². The highest BCUT2D eigenvalue weighted by Gasteiger charge is 2.34. The molecular formula is C18H25NO4. The summed E-state index contributed by atoms with van der Waals surface area (Å²) in [6.45, 7) is 8.28. The van der Waals surface area contributed by atoms with Gasteiger partial charge in [-0.1, -0.05) is 18.2 Å². The third-order valence-electron chi connectivity index (χ3n) is 3.69. The third kappa shape index (κ3) is 4.47. The molecule has 0 aromatic heterocycles. The summed E-state index contributed by atoms with van der Waals surface area (Å²) >= 11 is 0. The van der Waals surface area contributed by atoms with Crippen LogP contribution in [0.3, 0.4) is 0 Å². The minimum Gasteiger partial charge on any atom is -0.466 e. The Balaban J connectivity index is 2.10. The van der Waals surface area contributed by atoms with E-state index in [0.717, 1.165) is 11.3 Å². The van der Waals surface area contributed by atoms with Gasteiger partial charge in [0.15, 0.2) is 0 Å². The molecule has 0 saturated carbocycles. The van der Waals surface area contributed by atoms with E-state index < -0.39 is 5.60 Å². The predicted octanol–water partition coefficient (Wildman–Crippen LogP) is 3.87. The SMILES string of the molecule is CCOC(=O)CCC1CN(C(=O)OC(C)(C)C)c2ccccc21. The number of rotatable bonds is 4. The number of amides is 1. The van der Waals surface area contributed by atoms with Crippen LogP contribution in [0.1, 0.15) is 52.0 Å². The number of benzene rings is 1. The largest absolute Gasteiger partial charge is 0.466 e. The van der Waals surface area contributed by atoms with Crippen molar-refractivity contribution in [3.63, 3.8) is 0 Å². The normalized spacial score (nSPS) is 16.9. The van der Waals surface area contributed by atoms with Crippen LogP contribution >= 0.6 is 0 Å². The molecule has 0 saturated heterocycles. The molecular weight excluding hydrogens is 294 g/mol. The van der Waals surface area contributed by atoms with Crippen LogP contribution in [0, 0.1) is 0 Å². The number of nitrogens with zero attached hydrogens (tertiary/aromatic N) is 1. The molecule has 0 fully saturated rings. The molecule has 1 atom stereocenters. The highest BCUT2D eigenvalue weighted by atomic mass is 16.6. The second-order valence-electron chi connectivity index (χ2n) is 6.69. The fraction of sp³-hybridized carbons (Fsp3) is 0.556. The zero-order valence-corrected chi connectivity index (χ0v) is 14.3. The van der Waals surface area contributed by atoms with Gasteiger partial charge in [0, 0.05) is 18.9 Å². The molecule has 1 unspecified atom stereocenters. The molecule has 0 radical (unpaired) electrons. The number of hydrogen-bond donors (Lipinski definition) is 0. The number of esters is 1. The fourth-order valence-electron chi connectivity index (χ4n) is 2.76. The van der Waals surface area contributed by atoms with E-state index in [0.29, 0.717) is 26.0 Å². The quantitative estimate of drug-likeness (QED) is 0.791. The maximum Gasteiger partial charge on any atom is 0.414 e. The third-order valence-corrected chi connectivity index (χ3v) is 3.69. The zero-order chi connectivity index (χ0) is 17.0. The Morgan fingerprint density at radius 1 is 1.26 bits per heavy atom. The van der Waals surface area contributed by atoms with E-state index in [9.17, 15) is 9.59 Å². The van der Waals surface area contributed by atoms with E-state index in [1.54, 1.807) is 11.8 Å². The van der Waals surface area contributed by atoms with Crippen molar-refractivity contribution < 1.29 is 19.1 Å². The summed E-state index contributed by atoms with van der Waals surface area (Å²) in [7, 11) is 0. The van der Waals surface area contributed by atoms with Gasteiger partial charge in [0.25, 0.3) is 0 Å². The first-order chi connectivity index (χ1) is 10.8. The van der Waals surface area contributed by atoms with E-state index >= 15 is 0 Å². The van der Waals surface area contributed by atoms with Gasteiger partial charge < -0.3 is 9.47 Å². The molecule has 0 N–H and O–H groups in total. The van der Waals surface area contributed by atoms with Gasteiger partial charge in [-0.15, -0.1) is 0 Å². The lowest BCUT2D eigenvalue weighted by Crippen LogP contribution is -2.36. The van der Waals surface area contributed by atoms with Crippen molar-refractivity contribution in [2.24, 2.45) is 0 Å². The lowest BCUT2D eigenvalue weighted by atomic mass is 9.96. The zero-order valence-electron chi connectivity index (χ0n) is 14.3. The molecule has 1 aliphatic rings. The van der Waals surface area contributed by atoms with Crippen molar-refractivity contribution >= 4 is 17.7 Å². The second kappa shape index (κ2) is 7.02. The molecule has 23 heavy (non-hydrogen) atoms. The van der Waals surface area contributed by atoms with Gasteiger partial charge in [0.2, 0.25) is 0 Å². The Bertz CT molecular complexity index is 577. The standard InChI is InChI=1S/C18H25NO4/c1-5-22-16(20)11-10-13-12-19(17(21)23-18(2,3)4)15-9-7-6-8-14(13)15/h6-9,13H,5,10-12H2,1-4H3. The average molecular weight is 319 g/mol. The van der Waals surface area contributed by atoms with Crippen LogP contribution in [0.25, 0.3) is 0 Å². The van der Waals surface area contributed by atoms with E-state index in [1.807, 2.05) is 45.0 Å². The molecule has 0 spiro atoms. The Labute approximate surface area is 137 Å². The van der Waals surface area contributed by atoms with Gasteiger partial charge in [-0.2, -0.15) is 0 Å². The summed E-state index contributed by atoms with van der Waals surface area (Å²) in [6, 6.07) is 7.79. The summed E-state index contributed by atoms with van der Waals surface area (Å²) in [4.78, 5) is 25.7. The Morgan fingerprint density at radius 3 is 2.61 bits per heavy atom. The maximum atomic E-state index is 12.4. The van der Waals surface area contributed by atoms with Gasteiger partial charge in [0.1, 0.15) is 5.60 Å². The molecule has 5 nitrogen and oxygen atoms in total. The number of ether oxygens (including phenoxy) is 2. The van der Waals surface area contributed by atoms with Crippen LogP contribution < -0.4 is 4.90 Å². The van der Waals surface area contributed by atoms with Gasteiger partial charge >= 0.3 is 12.1 Å². The molecule has 1 aliphatic heterocycles. The van der Waals surface area contributed by atoms with E-state index in [4.69, 9.17) is 9.47 Å². The molecule has 126 valence electrons. The number of para-hydroxylation sites is 1. The van der Waals surface area contributed by atoms with Crippen molar-refractivity contribution in [2.75, 3.05) is 18.1 Å². The Hall–Kier alpha value is -2.04. The molecule has 1 amide bonds. The van der Waals surface area contributed by atoms with Crippen LogP contribution in [-0.2, 0) is 14.3 Å². The van der Waals surface area contributed by atoms with Crippen molar-refractivity contribution in [3.05, 3.63) is 29.8 Å². The monoisotopic (exact) mass is 319 g/mol. The van der Waals surface area contributed by atoms with Crippen LogP contribution in [-0.4, -0.2) is 30.8 Å². The first kappa shape index (κ1) is 17.3. The summed E-state index contributed by atoms with van der Waals surface area (Å²) < 4.78 is 10.5. The maximum absolute atomic E-state index is 12.4. The minimum absolute atomic E-state index is 0.128.